The third-order valence-electron chi connectivity index (χ3n) is 4.80. The van der Waals surface area contributed by atoms with Gasteiger partial charge < -0.3 is 9.13 Å². The Kier molecular flexibility index (Phi) is 7.98. The Morgan fingerprint density at radius 1 is 0.833 bits per heavy atom. The molecule has 4 heteroatoms. The van der Waals surface area contributed by atoms with Crippen LogP contribution in [-0.4, -0.2) is 19.1 Å². The van der Waals surface area contributed by atoms with E-state index in [4.69, 9.17) is 0 Å². The van der Waals surface area contributed by atoms with Crippen molar-refractivity contribution in [3.05, 3.63) is 122 Å². The number of aryl methyl sites for hydroxylation is 1. The zero-order valence-electron chi connectivity index (χ0n) is 17.4. The molecule has 0 N–H and O–H groups in total. The molecule has 0 radical (unpaired) electrons. The highest BCUT2D eigenvalue weighted by Gasteiger charge is 1.98. The molecule has 0 saturated heterocycles. The first-order valence-corrected chi connectivity index (χ1v) is 10.1. The second kappa shape index (κ2) is 11.4. The SMILES string of the molecule is C/C(=C\Cc1ccccc1)n1ccnc1.C=C(CCc1ccccc1)n1ccnc1. The van der Waals surface area contributed by atoms with Crippen molar-refractivity contribution in [2.75, 3.05) is 0 Å². The second-order valence-electron chi connectivity index (χ2n) is 7.03. The van der Waals surface area contributed by atoms with Gasteiger partial charge in [-0.2, -0.15) is 0 Å². The van der Waals surface area contributed by atoms with Crippen molar-refractivity contribution in [2.45, 2.75) is 26.2 Å². The molecule has 152 valence electrons. The van der Waals surface area contributed by atoms with E-state index in [1.165, 1.54) is 16.8 Å². The summed E-state index contributed by atoms with van der Waals surface area (Å²) < 4.78 is 3.98. The van der Waals surface area contributed by atoms with Gasteiger partial charge in [-0.3, -0.25) is 0 Å². The summed E-state index contributed by atoms with van der Waals surface area (Å²) in [6.07, 6.45) is 16.2. The molecule has 4 nitrogen and oxygen atoms in total. The van der Waals surface area contributed by atoms with E-state index in [0.717, 1.165) is 25.0 Å². The normalized spacial score (nSPS) is 10.9. The average molecular weight is 397 g/mol. The molecule has 4 aromatic rings. The topological polar surface area (TPSA) is 35.6 Å². The van der Waals surface area contributed by atoms with Crippen molar-refractivity contribution >= 4 is 11.4 Å². The van der Waals surface area contributed by atoms with Gasteiger partial charge in [-0.15, -0.1) is 0 Å². The fraction of sp³-hybridized carbons (Fsp3) is 0.154. The molecule has 2 aromatic heterocycles. The largest absolute Gasteiger partial charge is 0.311 e. The Bertz CT molecular complexity index is 1020. The van der Waals surface area contributed by atoms with Gasteiger partial charge in [-0.05, 0) is 37.3 Å². The highest BCUT2D eigenvalue weighted by atomic mass is 15.0. The molecule has 0 amide bonds. The fourth-order valence-corrected chi connectivity index (χ4v) is 2.96. The van der Waals surface area contributed by atoms with E-state index in [1.807, 2.05) is 40.0 Å². The molecule has 0 aliphatic carbocycles. The van der Waals surface area contributed by atoms with Gasteiger partial charge in [0.25, 0.3) is 0 Å². The summed E-state index contributed by atoms with van der Waals surface area (Å²) in [5.74, 6) is 0. The average Bonchev–Trinajstić information content (AvgIpc) is 3.52. The van der Waals surface area contributed by atoms with Crippen LogP contribution >= 0.6 is 0 Å². The first-order chi connectivity index (χ1) is 14.7. The summed E-state index contributed by atoms with van der Waals surface area (Å²) in [5.41, 5.74) is 4.96. The minimum absolute atomic E-state index is 0.959. The first-order valence-electron chi connectivity index (χ1n) is 10.1. The van der Waals surface area contributed by atoms with Crippen LogP contribution in [-0.2, 0) is 12.8 Å². The van der Waals surface area contributed by atoms with Gasteiger partial charge in [0.05, 0.1) is 12.7 Å². The predicted octanol–water partition coefficient (Wildman–Crippen LogP) is 5.97. The zero-order chi connectivity index (χ0) is 21.0. The number of nitrogens with zero attached hydrogens (tertiary/aromatic N) is 4. The van der Waals surface area contributed by atoms with Crippen molar-refractivity contribution < 1.29 is 0 Å². The molecule has 0 unspecified atom stereocenters. The predicted molar refractivity (Wildman–Crippen MR) is 125 cm³/mol. The molecular weight excluding hydrogens is 368 g/mol. The lowest BCUT2D eigenvalue weighted by Crippen LogP contribution is -1.94. The van der Waals surface area contributed by atoms with Crippen LogP contribution in [0.25, 0.3) is 11.4 Å². The molecule has 2 aromatic carbocycles. The third kappa shape index (κ3) is 6.74. The highest BCUT2D eigenvalue weighted by Crippen LogP contribution is 2.11. The molecule has 0 bridgehead atoms. The zero-order valence-corrected chi connectivity index (χ0v) is 17.4. The summed E-state index contributed by atoms with van der Waals surface area (Å²) in [6.45, 7) is 6.12. The molecule has 2 heterocycles. The summed E-state index contributed by atoms with van der Waals surface area (Å²) in [6, 6.07) is 20.9. The van der Waals surface area contributed by atoms with Gasteiger partial charge >= 0.3 is 0 Å². The minimum Gasteiger partial charge on any atom is -0.311 e. The van der Waals surface area contributed by atoms with Gasteiger partial charge in [0.2, 0.25) is 0 Å². The van der Waals surface area contributed by atoms with Crippen LogP contribution in [0.1, 0.15) is 24.5 Å². The number of hydrogen-bond acceptors (Lipinski definition) is 2. The first kappa shape index (κ1) is 21.1. The molecule has 4 rings (SSSR count). The molecule has 0 fully saturated rings. The number of aromatic nitrogens is 4. The maximum atomic E-state index is 4.04. The van der Waals surface area contributed by atoms with E-state index >= 15 is 0 Å². The van der Waals surface area contributed by atoms with Gasteiger partial charge in [0, 0.05) is 36.2 Å². The van der Waals surface area contributed by atoms with Crippen LogP contribution in [0.4, 0.5) is 0 Å². The molecule has 0 aliphatic heterocycles. The lowest BCUT2D eigenvalue weighted by atomic mass is 10.1. The van der Waals surface area contributed by atoms with Crippen LogP contribution in [0.3, 0.4) is 0 Å². The van der Waals surface area contributed by atoms with Crippen molar-refractivity contribution in [1.82, 2.24) is 19.1 Å². The van der Waals surface area contributed by atoms with Crippen molar-refractivity contribution in [1.29, 1.82) is 0 Å². The highest BCUT2D eigenvalue weighted by molar-refractivity contribution is 5.43. The lowest BCUT2D eigenvalue weighted by molar-refractivity contribution is 0.930. The number of rotatable bonds is 7. The smallest absolute Gasteiger partial charge is 0.0988 e. The molecule has 0 spiro atoms. The summed E-state index contributed by atoms with van der Waals surface area (Å²) in [5, 5.41) is 0. The second-order valence-corrected chi connectivity index (χ2v) is 7.03. The van der Waals surface area contributed by atoms with Gasteiger partial charge in [-0.1, -0.05) is 73.3 Å². The maximum Gasteiger partial charge on any atom is 0.0988 e. The Morgan fingerprint density at radius 2 is 1.40 bits per heavy atom. The Morgan fingerprint density at radius 3 is 1.97 bits per heavy atom. The number of imidazole rings is 2. The summed E-state index contributed by atoms with van der Waals surface area (Å²) in [7, 11) is 0. The van der Waals surface area contributed by atoms with Crippen molar-refractivity contribution in [3.8, 4) is 0 Å². The molecule has 0 aliphatic rings. The number of benzene rings is 2. The Labute approximate surface area is 178 Å². The van der Waals surface area contributed by atoms with Crippen LogP contribution in [0.5, 0.6) is 0 Å². The Hall–Kier alpha value is -3.66. The van der Waals surface area contributed by atoms with Crippen LogP contribution < -0.4 is 0 Å². The fourth-order valence-electron chi connectivity index (χ4n) is 2.96. The number of hydrogen-bond donors (Lipinski definition) is 0. The molecule has 0 saturated carbocycles. The summed E-state index contributed by atoms with van der Waals surface area (Å²) >= 11 is 0. The van der Waals surface area contributed by atoms with E-state index < -0.39 is 0 Å². The van der Waals surface area contributed by atoms with Crippen LogP contribution in [0.15, 0.2) is 111 Å². The standard InChI is InChI=1S/2C13H14N2/c2*1-12(15-10-9-14-11-15)7-8-13-5-3-2-4-6-13/h2-7,9-11H,8H2,1H3;2-6,9-11H,1,7-8H2/b12-7+;. The third-order valence-corrected chi connectivity index (χ3v) is 4.80. The van der Waals surface area contributed by atoms with Crippen LogP contribution in [0.2, 0.25) is 0 Å². The number of allylic oxidation sites excluding steroid dienone is 3. The van der Waals surface area contributed by atoms with E-state index in [0.29, 0.717) is 0 Å². The molecule has 0 atom stereocenters. The van der Waals surface area contributed by atoms with Crippen LogP contribution in [0, 0.1) is 0 Å². The monoisotopic (exact) mass is 396 g/mol. The van der Waals surface area contributed by atoms with Gasteiger partial charge in [0.1, 0.15) is 0 Å². The van der Waals surface area contributed by atoms with Gasteiger partial charge in [-0.25, -0.2) is 9.97 Å². The summed E-state index contributed by atoms with van der Waals surface area (Å²) in [4.78, 5) is 8.02. The molecule has 30 heavy (non-hydrogen) atoms. The van der Waals surface area contributed by atoms with Gasteiger partial charge in [0.15, 0.2) is 0 Å². The van der Waals surface area contributed by atoms with E-state index in [-0.39, 0.29) is 0 Å². The van der Waals surface area contributed by atoms with E-state index in [1.54, 1.807) is 18.7 Å². The van der Waals surface area contributed by atoms with E-state index in [9.17, 15) is 0 Å². The lowest BCUT2D eigenvalue weighted by Gasteiger charge is -2.06. The quantitative estimate of drug-likeness (QED) is 0.386. The maximum absolute atomic E-state index is 4.04. The Balaban J connectivity index is 0.000000171. The van der Waals surface area contributed by atoms with Crippen molar-refractivity contribution in [3.63, 3.8) is 0 Å². The van der Waals surface area contributed by atoms with E-state index in [2.05, 4.69) is 78.1 Å². The minimum atomic E-state index is 0.959. The van der Waals surface area contributed by atoms with Crippen molar-refractivity contribution in [2.24, 2.45) is 0 Å². The molecular formula is C26H28N4.